The van der Waals surface area contributed by atoms with Crippen molar-refractivity contribution in [2.24, 2.45) is 0 Å². The number of benzene rings is 1. The van der Waals surface area contributed by atoms with Crippen LogP contribution < -0.4 is 10.6 Å². The molecule has 0 spiro atoms. The first-order chi connectivity index (χ1) is 8.52. The molecule has 6 heteroatoms. The topological polar surface area (TPSA) is 58.7 Å². The third kappa shape index (κ3) is 2.53. The molecule has 2 unspecified atom stereocenters. The van der Waals surface area contributed by atoms with Crippen LogP contribution in [0.1, 0.15) is 6.92 Å². The summed E-state index contributed by atoms with van der Waals surface area (Å²) in [5, 5.41) is 9.18. The lowest BCUT2D eigenvalue weighted by Crippen LogP contribution is -2.49. The van der Waals surface area contributed by atoms with Crippen LogP contribution in [0.15, 0.2) is 12.1 Å². The molecule has 0 bridgehead atoms. The number of aliphatic hydroxyl groups is 1. The van der Waals surface area contributed by atoms with Crippen LogP contribution in [-0.4, -0.2) is 37.0 Å². The number of nitrogens with two attached hydrogens (primary N) is 1. The molecule has 1 aliphatic heterocycles. The second-order valence-electron chi connectivity index (χ2n) is 4.46. The van der Waals surface area contributed by atoms with Gasteiger partial charge in [0.15, 0.2) is 0 Å². The van der Waals surface area contributed by atoms with Gasteiger partial charge in [0.1, 0.15) is 5.82 Å². The minimum Gasteiger partial charge on any atom is -0.397 e. The van der Waals surface area contributed by atoms with Gasteiger partial charge in [-0.2, -0.15) is 0 Å². The fourth-order valence-electron chi connectivity index (χ4n) is 2.06. The van der Waals surface area contributed by atoms with Gasteiger partial charge in [-0.05, 0) is 13.0 Å². The van der Waals surface area contributed by atoms with E-state index < -0.39 is 5.82 Å². The number of ether oxygens (including phenoxy) is 1. The number of anilines is 2. The zero-order valence-corrected chi connectivity index (χ0v) is 10.8. The summed E-state index contributed by atoms with van der Waals surface area (Å²) in [5.74, 6) is -0.530. The van der Waals surface area contributed by atoms with Crippen molar-refractivity contribution in [2.75, 3.05) is 30.4 Å². The molecule has 3 N–H and O–H groups in total. The Morgan fingerprint density at radius 3 is 3.00 bits per heavy atom. The highest BCUT2D eigenvalue weighted by atomic mass is 35.5. The minimum atomic E-state index is -0.530. The third-order valence-electron chi connectivity index (χ3n) is 3.09. The van der Waals surface area contributed by atoms with Crippen molar-refractivity contribution in [3.05, 3.63) is 23.0 Å². The van der Waals surface area contributed by atoms with Gasteiger partial charge in [0.2, 0.25) is 0 Å². The second-order valence-corrected chi connectivity index (χ2v) is 4.87. The van der Waals surface area contributed by atoms with Crippen LogP contribution in [0.4, 0.5) is 15.8 Å². The average Bonchev–Trinajstić information content (AvgIpc) is 2.35. The molecule has 2 atom stereocenters. The maximum Gasteiger partial charge on any atom is 0.143 e. The van der Waals surface area contributed by atoms with E-state index in [0.29, 0.717) is 24.5 Å². The predicted octanol–water partition coefficient (Wildman–Crippen LogP) is 1.65. The van der Waals surface area contributed by atoms with Crippen LogP contribution in [0.25, 0.3) is 0 Å². The van der Waals surface area contributed by atoms with Crippen LogP contribution in [0.2, 0.25) is 5.02 Å². The van der Waals surface area contributed by atoms with E-state index in [-0.39, 0.29) is 23.8 Å². The number of nitrogens with zero attached hydrogens (tertiary/aromatic N) is 1. The molecule has 1 aromatic rings. The van der Waals surface area contributed by atoms with Gasteiger partial charge in [0.25, 0.3) is 0 Å². The smallest absolute Gasteiger partial charge is 0.143 e. The largest absolute Gasteiger partial charge is 0.397 e. The van der Waals surface area contributed by atoms with Crippen molar-refractivity contribution in [1.82, 2.24) is 0 Å². The van der Waals surface area contributed by atoms with Gasteiger partial charge in [0.05, 0.1) is 35.7 Å². The van der Waals surface area contributed by atoms with Crippen LogP contribution in [0, 0.1) is 5.82 Å². The van der Waals surface area contributed by atoms with Gasteiger partial charge in [-0.1, -0.05) is 11.6 Å². The van der Waals surface area contributed by atoms with Crippen molar-refractivity contribution < 1.29 is 14.2 Å². The molecule has 1 heterocycles. The van der Waals surface area contributed by atoms with E-state index in [4.69, 9.17) is 27.2 Å². The molecule has 0 aliphatic carbocycles. The number of nitrogen functional groups attached to an aromatic ring is 1. The molecule has 1 saturated heterocycles. The summed E-state index contributed by atoms with van der Waals surface area (Å²) in [5.41, 5.74) is 6.84. The van der Waals surface area contributed by atoms with E-state index in [1.165, 1.54) is 12.1 Å². The van der Waals surface area contributed by atoms with Crippen molar-refractivity contribution in [2.45, 2.75) is 19.1 Å². The number of morpholine rings is 1. The standard InChI is InChI=1S/C12H16ClFN2O2/c1-7-6-18-8(5-17)4-16(7)12-2-9(13)10(14)3-11(12)15/h2-3,7-8,17H,4-6,15H2,1H3. The monoisotopic (exact) mass is 274 g/mol. The zero-order valence-electron chi connectivity index (χ0n) is 10.1. The maximum absolute atomic E-state index is 13.3. The molecular formula is C12H16ClFN2O2. The zero-order chi connectivity index (χ0) is 13.3. The van der Waals surface area contributed by atoms with Crippen molar-refractivity contribution in [3.63, 3.8) is 0 Å². The predicted molar refractivity (Wildman–Crippen MR) is 69.5 cm³/mol. The van der Waals surface area contributed by atoms with E-state index in [0.717, 1.165) is 0 Å². The first-order valence-electron chi connectivity index (χ1n) is 5.76. The van der Waals surface area contributed by atoms with Gasteiger partial charge >= 0.3 is 0 Å². The Bertz CT molecular complexity index is 444. The van der Waals surface area contributed by atoms with Gasteiger partial charge < -0.3 is 20.5 Å². The van der Waals surface area contributed by atoms with Gasteiger partial charge in [-0.25, -0.2) is 4.39 Å². The van der Waals surface area contributed by atoms with Crippen molar-refractivity contribution in [1.29, 1.82) is 0 Å². The number of halogens is 2. The summed E-state index contributed by atoms with van der Waals surface area (Å²) in [6.45, 7) is 2.91. The lowest BCUT2D eigenvalue weighted by molar-refractivity contribution is -0.0102. The molecule has 18 heavy (non-hydrogen) atoms. The fraction of sp³-hybridized carbons (Fsp3) is 0.500. The molecule has 1 aliphatic rings. The van der Waals surface area contributed by atoms with E-state index in [1.807, 2.05) is 11.8 Å². The van der Waals surface area contributed by atoms with Crippen LogP contribution in [0.3, 0.4) is 0 Å². The summed E-state index contributed by atoms with van der Waals surface area (Å²) < 4.78 is 18.7. The molecule has 2 rings (SSSR count). The Morgan fingerprint density at radius 2 is 2.33 bits per heavy atom. The number of aliphatic hydroxyl groups excluding tert-OH is 1. The molecule has 1 fully saturated rings. The Kier molecular flexibility index (Phi) is 3.94. The minimum absolute atomic E-state index is 0.0402. The lowest BCUT2D eigenvalue weighted by Gasteiger charge is -2.39. The molecule has 0 radical (unpaired) electrons. The van der Waals surface area contributed by atoms with Gasteiger partial charge in [-0.15, -0.1) is 0 Å². The molecule has 4 nitrogen and oxygen atoms in total. The number of hydrogen-bond donors (Lipinski definition) is 2. The number of hydrogen-bond acceptors (Lipinski definition) is 4. The highest BCUT2D eigenvalue weighted by Crippen LogP contribution is 2.32. The first kappa shape index (κ1) is 13.4. The molecule has 0 saturated carbocycles. The molecule has 0 amide bonds. The molecule has 100 valence electrons. The van der Waals surface area contributed by atoms with E-state index in [1.54, 1.807) is 0 Å². The van der Waals surface area contributed by atoms with Crippen LogP contribution in [-0.2, 0) is 4.74 Å². The van der Waals surface area contributed by atoms with E-state index in [2.05, 4.69) is 0 Å². The summed E-state index contributed by atoms with van der Waals surface area (Å²) >= 11 is 5.79. The van der Waals surface area contributed by atoms with Gasteiger partial charge in [-0.3, -0.25) is 0 Å². The summed E-state index contributed by atoms with van der Waals surface area (Å²) in [7, 11) is 0. The quantitative estimate of drug-likeness (QED) is 0.805. The SMILES string of the molecule is CC1COC(CO)CN1c1cc(Cl)c(F)cc1N. The van der Waals surface area contributed by atoms with Crippen LogP contribution >= 0.6 is 11.6 Å². The maximum atomic E-state index is 13.3. The molecule has 1 aromatic carbocycles. The fourth-order valence-corrected chi connectivity index (χ4v) is 2.22. The molecule has 0 aromatic heterocycles. The first-order valence-corrected chi connectivity index (χ1v) is 6.14. The lowest BCUT2D eigenvalue weighted by atomic mass is 10.1. The number of rotatable bonds is 2. The highest BCUT2D eigenvalue weighted by molar-refractivity contribution is 6.31. The second kappa shape index (κ2) is 5.30. The van der Waals surface area contributed by atoms with Crippen molar-refractivity contribution in [3.8, 4) is 0 Å². The average molecular weight is 275 g/mol. The molecular weight excluding hydrogens is 259 g/mol. The summed E-state index contributed by atoms with van der Waals surface area (Å²) in [4.78, 5) is 1.98. The summed E-state index contributed by atoms with van der Waals surface area (Å²) in [6.07, 6.45) is -0.260. The Morgan fingerprint density at radius 1 is 1.61 bits per heavy atom. The highest BCUT2D eigenvalue weighted by Gasteiger charge is 2.27. The Balaban J connectivity index is 2.31. The van der Waals surface area contributed by atoms with E-state index >= 15 is 0 Å². The normalized spacial score (nSPS) is 24.3. The van der Waals surface area contributed by atoms with Crippen molar-refractivity contribution >= 4 is 23.0 Å². The third-order valence-corrected chi connectivity index (χ3v) is 3.38. The van der Waals surface area contributed by atoms with Crippen LogP contribution in [0.5, 0.6) is 0 Å². The van der Waals surface area contributed by atoms with E-state index in [9.17, 15) is 4.39 Å². The summed E-state index contributed by atoms with van der Waals surface area (Å²) in [6, 6.07) is 2.83. The van der Waals surface area contributed by atoms with Gasteiger partial charge in [0, 0.05) is 18.7 Å². The Labute approximate surface area is 110 Å². The Hall–Kier alpha value is -1.04.